The predicted octanol–water partition coefficient (Wildman–Crippen LogP) is 8.66. The number of rotatable bonds is 10. The Morgan fingerprint density at radius 3 is 1.87 bits per heavy atom. The van der Waals surface area contributed by atoms with Crippen molar-refractivity contribution in [1.82, 2.24) is 0 Å². The zero-order valence-electron chi connectivity index (χ0n) is 21.3. The van der Waals surface area contributed by atoms with Gasteiger partial charge in [-0.15, -0.1) is 0 Å². The van der Waals surface area contributed by atoms with Crippen LogP contribution < -0.4 is 10.1 Å². The summed E-state index contributed by atoms with van der Waals surface area (Å²) in [5, 5.41) is 3.45. The van der Waals surface area contributed by atoms with Crippen LogP contribution in [0.5, 0.6) is 5.75 Å². The highest BCUT2D eigenvalue weighted by atomic mass is 79.9. The van der Waals surface area contributed by atoms with Crippen LogP contribution in [0.3, 0.4) is 0 Å². The third-order valence-electron chi connectivity index (χ3n) is 6.28. The lowest BCUT2D eigenvalue weighted by atomic mass is 10.0. The molecule has 0 amide bonds. The average Bonchev–Trinajstić information content (AvgIpc) is 2.99. The second-order valence-electron chi connectivity index (χ2n) is 9.10. The molecule has 5 aromatic carbocycles. The normalized spacial score (nSPS) is 10.6. The Kier molecular flexibility index (Phi) is 8.71. The van der Waals surface area contributed by atoms with E-state index in [4.69, 9.17) is 9.47 Å². The average molecular weight is 579 g/mol. The van der Waals surface area contributed by atoms with E-state index in [0.29, 0.717) is 24.5 Å². The number of anilines is 1. The van der Waals surface area contributed by atoms with Crippen LogP contribution in [0.15, 0.2) is 132 Å². The molecule has 1 N–H and O–H groups in total. The molecule has 4 nitrogen and oxygen atoms in total. The minimum atomic E-state index is -0.419. The number of hydrogen-bond donors (Lipinski definition) is 1. The molecule has 0 fully saturated rings. The van der Waals surface area contributed by atoms with E-state index in [-0.39, 0.29) is 6.61 Å². The van der Waals surface area contributed by atoms with Gasteiger partial charge in [-0.1, -0.05) is 113 Å². The number of ether oxygens (including phenoxy) is 2. The molecule has 39 heavy (non-hydrogen) atoms. The van der Waals surface area contributed by atoms with Crippen molar-refractivity contribution in [3.63, 3.8) is 0 Å². The van der Waals surface area contributed by atoms with Crippen LogP contribution in [0.4, 0.5) is 5.69 Å². The van der Waals surface area contributed by atoms with Crippen molar-refractivity contribution in [2.45, 2.75) is 19.8 Å². The van der Waals surface area contributed by atoms with Crippen LogP contribution in [0, 0.1) is 0 Å². The zero-order valence-corrected chi connectivity index (χ0v) is 22.9. The van der Waals surface area contributed by atoms with E-state index in [0.717, 1.165) is 26.9 Å². The van der Waals surface area contributed by atoms with Crippen LogP contribution in [-0.4, -0.2) is 5.97 Å². The Morgan fingerprint density at radius 2 is 1.23 bits per heavy atom. The molecule has 5 heteroatoms. The molecule has 0 saturated carbocycles. The summed E-state index contributed by atoms with van der Waals surface area (Å²) < 4.78 is 12.8. The van der Waals surface area contributed by atoms with Gasteiger partial charge in [-0.25, -0.2) is 4.79 Å². The van der Waals surface area contributed by atoms with Crippen molar-refractivity contribution in [3.05, 3.63) is 154 Å². The molecule has 0 unspecified atom stereocenters. The van der Waals surface area contributed by atoms with E-state index in [1.807, 2.05) is 84.9 Å². The molecule has 0 atom stereocenters. The highest BCUT2D eigenvalue weighted by molar-refractivity contribution is 9.10. The lowest BCUT2D eigenvalue weighted by Gasteiger charge is -2.14. The summed E-state index contributed by atoms with van der Waals surface area (Å²) in [7, 11) is 0. The van der Waals surface area contributed by atoms with E-state index in [1.165, 1.54) is 11.1 Å². The molecule has 0 aliphatic carbocycles. The van der Waals surface area contributed by atoms with Gasteiger partial charge in [0.1, 0.15) is 24.5 Å². The quantitative estimate of drug-likeness (QED) is 0.169. The molecule has 0 spiro atoms. The molecule has 0 bridgehead atoms. The maximum absolute atomic E-state index is 13.0. The standard InChI is InChI=1S/C34H28BrNO3/c35-30-17-15-29(16-18-30)28-13-11-25(12-14-28)22-36-31-19-20-32(34(37)39-24-27-9-5-2-6-10-27)33(21-31)38-23-26-7-3-1-4-8-26/h1-21,36H,22-24H2. The third kappa shape index (κ3) is 7.37. The number of carbonyl (C=O) groups excluding carboxylic acids is 1. The second kappa shape index (κ2) is 12.9. The van der Waals surface area contributed by atoms with Crippen molar-refractivity contribution >= 4 is 27.6 Å². The van der Waals surface area contributed by atoms with Crippen molar-refractivity contribution < 1.29 is 14.3 Å². The minimum Gasteiger partial charge on any atom is -0.488 e. The fraction of sp³-hybridized carbons (Fsp3) is 0.0882. The van der Waals surface area contributed by atoms with E-state index in [9.17, 15) is 4.79 Å². The molecular formula is C34H28BrNO3. The first-order valence-electron chi connectivity index (χ1n) is 12.7. The predicted molar refractivity (Wildman–Crippen MR) is 160 cm³/mol. The van der Waals surface area contributed by atoms with Gasteiger partial charge in [0.15, 0.2) is 0 Å². The maximum atomic E-state index is 13.0. The summed E-state index contributed by atoms with van der Waals surface area (Å²) in [4.78, 5) is 13.0. The molecule has 0 radical (unpaired) electrons. The van der Waals surface area contributed by atoms with Crippen molar-refractivity contribution in [1.29, 1.82) is 0 Å². The van der Waals surface area contributed by atoms with Crippen molar-refractivity contribution in [2.24, 2.45) is 0 Å². The van der Waals surface area contributed by atoms with Gasteiger partial charge in [0, 0.05) is 22.8 Å². The van der Waals surface area contributed by atoms with Gasteiger partial charge >= 0.3 is 5.97 Å². The fourth-order valence-corrected chi connectivity index (χ4v) is 4.38. The molecule has 194 valence electrons. The number of halogens is 1. The van der Waals surface area contributed by atoms with Crippen LogP contribution in [0.2, 0.25) is 0 Å². The van der Waals surface area contributed by atoms with Crippen molar-refractivity contribution in [3.8, 4) is 16.9 Å². The van der Waals surface area contributed by atoms with Crippen LogP contribution in [0.1, 0.15) is 27.0 Å². The van der Waals surface area contributed by atoms with E-state index in [2.05, 4.69) is 57.6 Å². The van der Waals surface area contributed by atoms with Gasteiger partial charge in [0.05, 0.1) is 0 Å². The molecule has 5 rings (SSSR count). The van der Waals surface area contributed by atoms with Gasteiger partial charge in [0.25, 0.3) is 0 Å². The first kappa shape index (κ1) is 26.3. The van der Waals surface area contributed by atoms with Gasteiger partial charge in [-0.05, 0) is 52.1 Å². The minimum absolute atomic E-state index is 0.202. The number of hydrogen-bond acceptors (Lipinski definition) is 4. The molecule has 0 aliphatic rings. The summed E-state index contributed by atoms with van der Waals surface area (Å²) in [6.45, 7) is 1.19. The topological polar surface area (TPSA) is 47.6 Å². The molecule has 0 aliphatic heterocycles. The number of esters is 1. The largest absolute Gasteiger partial charge is 0.488 e. The zero-order chi connectivity index (χ0) is 26.9. The Morgan fingerprint density at radius 1 is 0.641 bits per heavy atom. The summed E-state index contributed by atoms with van der Waals surface area (Å²) in [6.07, 6.45) is 0. The number of carbonyl (C=O) groups is 1. The molecule has 0 heterocycles. The molecule has 5 aromatic rings. The van der Waals surface area contributed by atoms with Gasteiger partial charge < -0.3 is 14.8 Å². The molecule has 0 aromatic heterocycles. The Hall–Kier alpha value is -4.35. The fourth-order valence-electron chi connectivity index (χ4n) is 4.12. The smallest absolute Gasteiger partial charge is 0.342 e. The first-order chi connectivity index (χ1) is 19.1. The highest BCUT2D eigenvalue weighted by Gasteiger charge is 2.16. The summed E-state index contributed by atoms with van der Waals surface area (Å²) in [5.74, 6) is 0.0597. The maximum Gasteiger partial charge on any atom is 0.342 e. The Bertz CT molecular complexity index is 1500. The summed E-state index contributed by atoms with van der Waals surface area (Å²) in [5.41, 5.74) is 6.69. The summed E-state index contributed by atoms with van der Waals surface area (Å²) >= 11 is 3.49. The molecular weight excluding hydrogens is 550 g/mol. The van der Waals surface area contributed by atoms with Gasteiger partial charge in [-0.3, -0.25) is 0 Å². The van der Waals surface area contributed by atoms with E-state index >= 15 is 0 Å². The number of benzene rings is 5. The van der Waals surface area contributed by atoms with E-state index < -0.39 is 5.97 Å². The SMILES string of the molecule is O=C(OCc1ccccc1)c1ccc(NCc2ccc(-c3ccc(Br)cc3)cc2)cc1OCc1ccccc1. The lowest BCUT2D eigenvalue weighted by Crippen LogP contribution is -2.09. The van der Waals surface area contributed by atoms with Gasteiger partial charge in [-0.2, -0.15) is 0 Å². The van der Waals surface area contributed by atoms with Crippen LogP contribution in [-0.2, 0) is 24.5 Å². The van der Waals surface area contributed by atoms with Crippen molar-refractivity contribution in [2.75, 3.05) is 5.32 Å². The molecule has 0 saturated heterocycles. The van der Waals surface area contributed by atoms with Crippen LogP contribution >= 0.6 is 15.9 Å². The first-order valence-corrected chi connectivity index (χ1v) is 13.5. The van der Waals surface area contributed by atoms with Crippen LogP contribution in [0.25, 0.3) is 11.1 Å². The summed E-state index contributed by atoms with van der Waals surface area (Å²) in [6, 6.07) is 41.8. The second-order valence-corrected chi connectivity index (χ2v) is 10.0. The van der Waals surface area contributed by atoms with Gasteiger partial charge in [0.2, 0.25) is 0 Å². The monoisotopic (exact) mass is 577 g/mol. The van der Waals surface area contributed by atoms with E-state index in [1.54, 1.807) is 6.07 Å². The Labute approximate surface area is 237 Å². The third-order valence-corrected chi connectivity index (χ3v) is 6.81. The number of nitrogens with one attached hydrogen (secondary N) is 1. The Balaban J connectivity index is 1.28. The highest BCUT2D eigenvalue weighted by Crippen LogP contribution is 2.27. The lowest BCUT2D eigenvalue weighted by molar-refractivity contribution is 0.0467.